The highest BCUT2D eigenvalue weighted by atomic mass is 32.1. The first-order valence-corrected chi connectivity index (χ1v) is 16.6. The van der Waals surface area contributed by atoms with Gasteiger partial charge >= 0.3 is 24.6 Å². The van der Waals surface area contributed by atoms with Gasteiger partial charge in [-0.15, -0.1) is 11.3 Å². The average Bonchev–Trinajstić information content (AvgIpc) is 3.72. The number of nitrogens with zero attached hydrogens (tertiary/aromatic N) is 3. The molecular formula is C32H36F8N3O8S+. The van der Waals surface area contributed by atoms with E-state index in [1.165, 1.54) is 30.5 Å². The van der Waals surface area contributed by atoms with Gasteiger partial charge in [-0.2, -0.15) is 35.1 Å². The summed E-state index contributed by atoms with van der Waals surface area (Å²) in [5, 5.41) is 39.2. The Morgan fingerprint density at radius 1 is 0.923 bits per heavy atom. The van der Waals surface area contributed by atoms with Crippen LogP contribution in [0.1, 0.15) is 39.8 Å². The number of halogens is 8. The molecule has 0 bridgehead atoms. The molecule has 0 amide bonds. The van der Waals surface area contributed by atoms with Crippen LogP contribution in [0.25, 0.3) is 0 Å². The van der Waals surface area contributed by atoms with Crippen LogP contribution < -0.4 is 14.2 Å². The van der Waals surface area contributed by atoms with E-state index in [1.807, 2.05) is 0 Å². The fourth-order valence-electron chi connectivity index (χ4n) is 5.74. The number of pyridine rings is 1. The Hall–Kier alpha value is -3.40. The topological polar surface area (TPSA) is 144 Å². The number of hydrogen-bond acceptors (Lipinski definition) is 11. The molecule has 20 heteroatoms. The van der Waals surface area contributed by atoms with E-state index < -0.39 is 72.7 Å². The Bertz CT molecular complexity index is 1650. The maximum Gasteiger partial charge on any atom is 0.433 e. The number of likely N-dealkylation sites (N-methyl/N-ethyl adjacent to an activating group) is 1. The third-order valence-corrected chi connectivity index (χ3v) is 9.84. The maximum atomic E-state index is 13.7. The standard InChI is InChI=1S/C32H36F8N3O8S/c1-43(2,3)24-26(46)25(45)21(14-44)49-27(24)51-23-9-4-15(12-41-23)10-18(16-5-8-19(50-29(33)34)20(11-16)48-17-6-7-17)22-13-42-28(52-22)30(47,31(35,36)37)32(38,39)40/h4-5,8-9,11-13,17-18,21,24-27,29,44-47H,6-7,10,14H2,1-3H3/q+1/t18-,21+,24+,25+,26+,27-/m0/s1. The van der Waals surface area contributed by atoms with Gasteiger partial charge in [-0.25, -0.2) is 9.97 Å². The van der Waals surface area contributed by atoms with E-state index in [2.05, 4.69) is 14.7 Å². The fourth-order valence-corrected chi connectivity index (χ4v) is 6.91. The normalized spacial score (nSPS) is 23.8. The Balaban J connectivity index is 1.49. The number of quaternary nitrogens is 1. The van der Waals surface area contributed by atoms with Gasteiger partial charge in [-0.3, -0.25) is 0 Å². The average molecular weight is 775 g/mol. The summed E-state index contributed by atoms with van der Waals surface area (Å²) in [6, 6.07) is 5.78. The molecule has 3 aromatic rings. The van der Waals surface area contributed by atoms with Crippen LogP contribution in [0.15, 0.2) is 42.7 Å². The van der Waals surface area contributed by atoms with Crippen LogP contribution in [0.3, 0.4) is 0 Å². The van der Waals surface area contributed by atoms with Crippen molar-refractivity contribution >= 4 is 11.3 Å². The largest absolute Gasteiger partial charge is 0.487 e. The molecule has 2 fully saturated rings. The number of aromatic nitrogens is 2. The van der Waals surface area contributed by atoms with Crippen molar-refractivity contribution in [2.75, 3.05) is 27.7 Å². The summed E-state index contributed by atoms with van der Waals surface area (Å²) < 4.78 is 131. The minimum Gasteiger partial charge on any atom is -0.487 e. The number of alkyl halides is 8. The number of aliphatic hydroxyl groups excluding tert-OH is 3. The fraction of sp³-hybridized carbons (Fsp3) is 0.562. The minimum atomic E-state index is -6.17. The van der Waals surface area contributed by atoms with Crippen molar-refractivity contribution in [2.24, 2.45) is 0 Å². The van der Waals surface area contributed by atoms with Gasteiger partial charge in [0.05, 0.1) is 33.9 Å². The van der Waals surface area contributed by atoms with Gasteiger partial charge in [0.1, 0.15) is 23.3 Å². The summed E-state index contributed by atoms with van der Waals surface area (Å²) in [5.41, 5.74) is -4.67. The van der Waals surface area contributed by atoms with E-state index in [1.54, 1.807) is 21.1 Å². The zero-order valence-corrected chi connectivity index (χ0v) is 28.5. The Morgan fingerprint density at radius 3 is 2.13 bits per heavy atom. The molecule has 11 nitrogen and oxygen atoms in total. The highest BCUT2D eigenvalue weighted by Gasteiger charge is 2.73. The lowest BCUT2D eigenvalue weighted by molar-refractivity contribution is -0.909. The molecule has 2 aliphatic rings. The SMILES string of the molecule is C[N+](C)(C)[C@H]1[C@H](Oc2ccc(C[C@@H](c3ccc(OC(F)F)c(OC4CC4)c3)c3cnc(C(O)(C(F)(F)F)C(F)(F)F)s3)cn2)O[C@H](CO)[C@@H](O)[C@@H]1O. The summed E-state index contributed by atoms with van der Waals surface area (Å²) in [4.78, 5) is 7.45. The monoisotopic (exact) mass is 774 g/mol. The predicted molar refractivity (Wildman–Crippen MR) is 165 cm³/mol. The summed E-state index contributed by atoms with van der Waals surface area (Å²) in [7, 11) is 5.16. The summed E-state index contributed by atoms with van der Waals surface area (Å²) in [5.74, 6) is -1.55. The Kier molecular flexibility index (Phi) is 11.3. The number of rotatable bonds is 13. The van der Waals surface area contributed by atoms with Crippen LogP contribution in [0.4, 0.5) is 35.1 Å². The van der Waals surface area contributed by atoms with E-state index in [-0.39, 0.29) is 56.2 Å². The molecule has 1 aliphatic carbocycles. The second-order valence-corrected chi connectivity index (χ2v) is 14.4. The molecule has 0 radical (unpaired) electrons. The quantitative estimate of drug-likeness (QED) is 0.147. The number of aliphatic hydroxyl groups is 4. The van der Waals surface area contributed by atoms with E-state index in [0.29, 0.717) is 18.4 Å². The van der Waals surface area contributed by atoms with Gasteiger partial charge in [0.25, 0.3) is 6.29 Å². The van der Waals surface area contributed by atoms with Crippen LogP contribution in [0.2, 0.25) is 0 Å². The van der Waals surface area contributed by atoms with Crippen LogP contribution in [0, 0.1) is 0 Å². The van der Waals surface area contributed by atoms with Gasteiger partial charge in [-0.1, -0.05) is 12.1 Å². The zero-order valence-electron chi connectivity index (χ0n) is 27.7. The number of hydrogen-bond donors (Lipinski definition) is 4. The van der Waals surface area contributed by atoms with Crippen LogP contribution >= 0.6 is 11.3 Å². The predicted octanol–water partition coefficient (Wildman–Crippen LogP) is 4.26. The van der Waals surface area contributed by atoms with E-state index in [0.717, 1.165) is 12.3 Å². The molecule has 2 aromatic heterocycles. The lowest BCUT2D eigenvalue weighted by Gasteiger charge is -2.47. The van der Waals surface area contributed by atoms with E-state index in [9.17, 15) is 55.5 Å². The third kappa shape index (κ3) is 8.37. The third-order valence-electron chi connectivity index (χ3n) is 8.62. The van der Waals surface area contributed by atoms with Gasteiger partial charge in [0.2, 0.25) is 5.88 Å². The van der Waals surface area contributed by atoms with Crippen molar-refractivity contribution in [3.05, 3.63) is 63.7 Å². The van der Waals surface area contributed by atoms with Gasteiger partial charge in [0.15, 0.2) is 17.5 Å². The van der Waals surface area contributed by atoms with Crippen molar-refractivity contribution in [1.82, 2.24) is 9.97 Å². The molecule has 5 rings (SSSR count). The number of benzene rings is 1. The minimum absolute atomic E-state index is 0.0268. The van der Waals surface area contributed by atoms with Gasteiger partial charge in [-0.05, 0) is 42.5 Å². The molecule has 0 spiro atoms. The van der Waals surface area contributed by atoms with E-state index >= 15 is 0 Å². The van der Waals surface area contributed by atoms with Crippen molar-refractivity contribution in [2.45, 2.75) is 86.5 Å². The lowest BCUT2D eigenvalue weighted by Crippen LogP contribution is -2.69. The first-order chi connectivity index (χ1) is 24.1. The number of thiazole rings is 1. The zero-order chi connectivity index (χ0) is 38.4. The van der Waals surface area contributed by atoms with Crippen LogP contribution in [0.5, 0.6) is 17.4 Å². The molecule has 1 saturated carbocycles. The van der Waals surface area contributed by atoms with Crippen LogP contribution in [-0.4, -0.2) is 118 Å². The first-order valence-electron chi connectivity index (χ1n) is 15.8. The Labute approximate surface area is 295 Å². The second kappa shape index (κ2) is 14.8. The Morgan fingerprint density at radius 2 is 1.60 bits per heavy atom. The molecular weight excluding hydrogens is 738 g/mol. The van der Waals surface area contributed by atoms with E-state index in [4.69, 9.17) is 14.2 Å². The van der Waals surface area contributed by atoms with Gasteiger partial charge < -0.3 is 43.9 Å². The molecule has 6 atom stereocenters. The smallest absolute Gasteiger partial charge is 0.433 e. The van der Waals surface area contributed by atoms with Crippen molar-refractivity contribution in [1.29, 1.82) is 0 Å². The molecule has 0 unspecified atom stereocenters. The first kappa shape index (κ1) is 39.8. The van der Waals surface area contributed by atoms with Crippen LogP contribution in [-0.2, 0) is 16.8 Å². The molecule has 1 aromatic carbocycles. The molecule has 52 heavy (non-hydrogen) atoms. The molecule has 1 saturated heterocycles. The second-order valence-electron chi connectivity index (χ2n) is 13.4. The lowest BCUT2D eigenvalue weighted by atomic mass is 9.91. The van der Waals surface area contributed by atoms with Crippen molar-refractivity contribution in [3.8, 4) is 17.4 Å². The summed E-state index contributed by atoms with van der Waals surface area (Å²) in [6.45, 7) is -3.85. The summed E-state index contributed by atoms with van der Waals surface area (Å²) in [6.07, 6.45) is -14.6. The molecule has 288 valence electrons. The number of ether oxygens (including phenoxy) is 4. The van der Waals surface area contributed by atoms with Gasteiger partial charge in [0, 0.05) is 29.3 Å². The highest BCUT2D eigenvalue weighted by Crippen LogP contribution is 2.52. The molecule has 3 heterocycles. The van der Waals surface area contributed by atoms with Crippen molar-refractivity contribution in [3.63, 3.8) is 0 Å². The summed E-state index contributed by atoms with van der Waals surface area (Å²) >= 11 is -0.0268. The maximum absolute atomic E-state index is 13.7. The van der Waals surface area contributed by atoms with Crippen molar-refractivity contribution < 1.29 is 79.0 Å². The highest BCUT2D eigenvalue weighted by molar-refractivity contribution is 7.11. The molecule has 4 N–H and O–H groups in total. The molecule has 1 aliphatic heterocycles.